The largest absolute Gasteiger partial charge is 0.372 e. The van der Waals surface area contributed by atoms with Gasteiger partial charge in [-0.2, -0.15) is 0 Å². The topological polar surface area (TPSA) is 67.2 Å². The molecular formula is C22H24N4O2S. The van der Waals surface area contributed by atoms with Crippen molar-refractivity contribution in [3.63, 3.8) is 0 Å². The molecule has 2 aromatic carbocycles. The number of piperidine rings is 1. The minimum atomic E-state index is -0.122. The molecule has 6 nitrogen and oxygen atoms in total. The van der Waals surface area contributed by atoms with Crippen LogP contribution in [0.4, 0.5) is 11.4 Å². The average Bonchev–Trinajstić information content (AvgIpc) is 2.76. The number of nitrogens with one attached hydrogen (secondary N) is 1. The third-order valence-corrected chi connectivity index (χ3v) is 6.18. The summed E-state index contributed by atoms with van der Waals surface area (Å²) in [7, 11) is 1.68. The highest BCUT2D eigenvalue weighted by Crippen LogP contribution is 2.22. The maximum absolute atomic E-state index is 12.5. The number of carbonyl (C=O) groups excluding carboxylic acids is 1. The summed E-state index contributed by atoms with van der Waals surface area (Å²) in [6.45, 7) is 2.19. The highest BCUT2D eigenvalue weighted by atomic mass is 32.2. The molecule has 4 rings (SSSR count). The Morgan fingerprint density at radius 2 is 1.79 bits per heavy atom. The van der Waals surface area contributed by atoms with Crippen molar-refractivity contribution in [2.24, 2.45) is 7.05 Å². The number of nitrogens with zero attached hydrogens (tertiary/aromatic N) is 3. The van der Waals surface area contributed by atoms with Gasteiger partial charge in [-0.15, -0.1) is 0 Å². The molecule has 1 aromatic heterocycles. The molecule has 1 amide bonds. The lowest BCUT2D eigenvalue weighted by Crippen LogP contribution is -2.29. The van der Waals surface area contributed by atoms with Gasteiger partial charge in [0.15, 0.2) is 5.16 Å². The van der Waals surface area contributed by atoms with Gasteiger partial charge in [-0.05, 0) is 55.7 Å². The fourth-order valence-electron chi connectivity index (χ4n) is 3.56. The Morgan fingerprint density at radius 1 is 1.07 bits per heavy atom. The van der Waals surface area contributed by atoms with Crippen LogP contribution in [0.3, 0.4) is 0 Å². The number of anilines is 2. The van der Waals surface area contributed by atoms with Crippen molar-refractivity contribution >= 4 is 39.9 Å². The van der Waals surface area contributed by atoms with Crippen LogP contribution in [0.15, 0.2) is 58.5 Å². The normalized spacial score (nSPS) is 14.2. The van der Waals surface area contributed by atoms with Gasteiger partial charge < -0.3 is 10.2 Å². The molecule has 3 aromatic rings. The molecule has 0 atom stereocenters. The van der Waals surface area contributed by atoms with Gasteiger partial charge in [0.05, 0.1) is 16.7 Å². The molecule has 1 fully saturated rings. The first-order chi connectivity index (χ1) is 14.1. The second-order valence-corrected chi connectivity index (χ2v) is 8.15. The van der Waals surface area contributed by atoms with Crippen LogP contribution in [0, 0.1) is 0 Å². The molecular weight excluding hydrogens is 384 g/mol. The number of carbonyl (C=O) groups is 1. The Hall–Kier alpha value is -2.80. The van der Waals surface area contributed by atoms with E-state index in [1.807, 2.05) is 30.3 Å². The zero-order valence-electron chi connectivity index (χ0n) is 16.4. The predicted octanol–water partition coefficient (Wildman–Crippen LogP) is 3.65. The molecule has 0 bridgehead atoms. The summed E-state index contributed by atoms with van der Waals surface area (Å²) in [5, 5.41) is 4.03. The van der Waals surface area contributed by atoms with Crippen LogP contribution >= 0.6 is 11.8 Å². The van der Waals surface area contributed by atoms with E-state index in [4.69, 9.17) is 0 Å². The molecule has 29 heavy (non-hydrogen) atoms. The number of amides is 1. The number of fused-ring (bicyclic) bond motifs is 1. The molecule has 7 heteroatoms. The highest BCUT2D eigenvalue weighted by molar-refractivity contribution is 7.99. The van der Waals surface area contributed by atoms with E-state index in [1.165, 1.54) is 41.3 Å². The van der Waals surface area contributed by atoms with E-state index in [0.29, 0.717) is 16.1 Å². The lowest BCUT2D eigenvalue weighted by Gasteiger charge is -2.28. The zero-order chi connectivity index (χ0) is 20.2. The van der Waals surface area contributed by atoms with E-state index in [0.717, 1.165) is 18.8 Å². The van der Waals surface area contributed by atoms with E-state index in [9.17, 15) is 9.59 Å². The minimum absolute atomic E-state index is 0.105. The Bertz CT molecular complexity index is 1070. The summed E-state index contributed by atoms with van der Waals surface area (Å²) in [6, 6.07) is 15.2. The van der Waals surface area contributed by atoms with Crippen LogP contribution in [0.1, 0.15) is 19.3 Å². The first-order valence-corrected chi connectivity index (χ1v) is 10.8. The summed E-state index contributed by atoms with van der Waals surface area (Å²) >= 11 is 1.26. The van der Waals surface area contributed by atoms with Gasteiger partial charge in [-0.1, -0.05) is 23.9 Å². The van der Waals surface area contributed by atoms with Crippen LogP contribution in [-0.2, 0) is 11.8 Å². The van der Waals surface area contributed by atoms with E-state index < -0.39 is 0 Å². The third-order valence-electron chi connectivity index (χ3n) is 5.15. The molecule has 0 aliphatic carbocycles. The number of hydrogen-bond acceptors (Lipinski definition) is 5. The van der Waals surface area contributed by atoms with Crippen LogP contribution in [0.2, 0.25) is 0 Å². The number of thioether (sulfide) groups is 1. The van der Waals surface area contributed by atoms with Crippen molar-refractivity contribution in [2.75, 3.05) is 29.1 Å². The van der Waals surface area contributed by atoms with E-state index in [1.54, 1.807) is 13.1 Å². The SMILES string of the molecule is Cn1c(SCC(=O)Nc2ccc(N3CCCCC3)cc2)nc2ccccc2c1=O. The second kappa shape index (κ2) is 8.69. The molecule has 0 spiro atoms. The predicted molar refractivity (Wildman–Crippen MR) is 119 cm³/mol. The molecule has 150 valence electrons. The van der Waals surface area contributed by atoms with Crippen molar-refractivity contribution in [3.8, 4) is 0 Å². The van der Waals surface area contributed by atoms with Gasteiger partial charge in [-0.25, -0.2) is 4.98 Å². The maximum atomic E-state index is 12.5. The number of aromatic nitrogens is 2. The van der Waals surface area contributed by atoms with Crippen molar-refractivity contribution in [1.82, 2.24) is 9.55 Å². The monoisotopic (exact) mass is 408 g/mol. The van der Waals surface area contributed by atoms with Crippen LogP contribution in [0.25, 0.3) is 10.9 Å². The fraction of sp³-hybridized carbons (Fsp3) is 0.318. The molecule has 0 unspecified atom stereocenters. The second-order valence-electron chi connectivity index (χ2n) is 7.21. The Balaban J connectivity index is 1.38. The van der Waals surface area contributed by atoms with E-state index in [2.05, 4.69) is 27.3 Å². The Kier molecular flexibility index (Phi) is 5.85. The van der Waals surface area contributed by atoms with Crippen molar-refractivity contribution in [2.45, 2.75) is 24.4 Å². The molecule has 1 aliphatic rings. The van der Waals surface area contributed by atoms with Gasteiger partial charge in [0.25, 0.3) is 5.56 Å². The van der Waals surface area contributed by atoms with Gasteiger partial charge in [0, 0.05) is 31.5 Å². The van der Waals surface area contributed by atoms with Gasteiger partial charge in [-0.3, -0.25) is 14.2 Å². The van der Waals surface area contributed by atoms with Crippen LogP contribution in [0.5, 0.6) is 0 Å². The minimum Gasteiger partial charge on any atom is -0.372 e. The molecule has 1 saturated heterocycles. The molecule has 1 aliphatic heterocycles. The van der Waals surface area contributed by atoms with E-state index >= 15 is 0 Å². The first kappa shape index (κ1) is 19.5. The smallest absolute Gasteiger partial charge is 0.261 e. The summed E-state index contributed by atoms with van der Waals surface area (Å²) in [6.07, 6.45) is 3.78. The van der Waals surface area contributed by atoms with E-state index in [-0.39, 0.29) is 17.2 Å². The number of rotatable bonds is 5. The highest BCUT2D eigenvalue weighted by Gasteiger charge is 2.12. The lowest BCUT2D eigenvalue weighted by molar-refractivity contribution is -0.113. The first-order valence-electron chi connectivity index (χ1n) is 9.85. The fourth-order valence-corrected chi connectivity index (χ4v) is 4.33. The van der Waals surface area contributed by atoms with Gasteiger partial charge >= 0.3 is 0 Å². The summed E-state index contributed by atoms with van der Waals surface area (Å²) < 4.78 is 1.49. The Labute approximate surface area is 173 Å². The summed E-state index contributed by atoms with van der Waals surface area (Å²) in [4.78, 5) is 31.7. The third kappa shape index (κ3) is 4.45. The summed E-state index contributed by atoms with van der Waals surface area (Å²) in [5.41, 5.74) is 2.52. The molecule has 0 saturated carbocycles. The van der Waals surface area contributed by atoms with Crippen molar-refractivity contribution < 1.29 is 4.79 Å². The number of benzene rings is 2. The summed E-state index contributed by atoms with van der Waals surface area (Å²) in [5.74, 6) is 0.0649. The molecule has 1 N–H and O–H groups in total. The molecule has 2 heterocycles. The number of hydrogen-bond donors (Lipinski definition) is 1. The van der Waals surface area contributed by atoms with Crippen molar-refractivity contribution in [1.29, 1.82) is 0 Å². The van der Waals surface area contributed by atoms with Gasteiger partial charge in [0.2, 0.25) is 5.91 Å². The van der Waals surface area contributed by atoms with Crippen LogP contribution in [-0.4, -0.2) is 34.3 Å². The lowest BCUT2D eigenvalue weighted by atomic mass is 10.1. The van der Waals surface area contributed by atoms with Crippen molar-refractivity contribution in [3.05, 3.63) is 58.9 Å². The maximum Gasteiger partial charge on any atom is 0.261 e. The average molecular weight is 409 g/mol. The molecule has 0 radical (unpaired) electrons. The van der Waals surface area contributed by atoms with Crippen LogP contribution < -0.4 is 15.8 Å². The number of para-hydroxylation sites is 1. The standard InChI is InChI=1S/C22H24N4O2S/c1-25-21(28)18-7-3-4-8-19(18)24-22(25)29-15-20(27)23-16-9-11-17(12-10-16)26-13-5-2-6-14-26/h3-4,7-12H,2,5-6,13-15H2,1H3,(H,23,27). The quantitative estimate of drug-likeness (QED) is 0.516. The Morgan fingerprint density at radius 3 is 2.55 bits per heavy atom. The van der Waals surface area contributed by atoms with Gasteiger partial charge in [0.1, 0.15) is 0 Å². The zero-order valence-corrected chi connectivity index (χ0v) is 17.2.